The molecule has 114 valence electrons. The number of benzene rings is 2. The summed E-state index contributed by atoms with van der Waals surface area (Å²) < 4.78 is 29.0. The topological polar surface area (TPSA) is 56.8 Å². The average molecular weight is 303 g/mol. The molecule has 0 radical (unpaired) electrons. The van der Waals surface area contributed by atoms with Crippen LogP contribution < -0.4 is 19.5 Å². The SMILES string of the molecule is O=C(NCCOc1ccccc1F)c1ccc2c(c1)OCO2. The summed E-state index contributed by atoms with van der Waals surface area (Å²) in [7, 11) is 0. The standard InChI is InChI=1S/C16H14FNO4/c17-12-3-1-2-4-13(12)20-8-7-18-16(19)11-5-6-14-15(9-11)22-10-21-14/h1-6,9H,7-8,10H2,(H,18,19). The van der Waals surface area contributed by atoms with Crippen molar-refractivity contribution in [2.75, 3.05) is 19.9 Å². The second-order valence-electron chi connectivity index (χ2n) is 4.60. The number of rotatable bonds is 5. The summed E-state index contributed by atoms with van der Waals surface area (Å²) in [5.74, 6) is 0.662. The van der Waals surface area contributed by atoms with Crippen LogP contribution in [0, 0.1) is 5.82 Å². The fourth-order valence-electron chi connectivity index (χ4n) is 2.03. The monoisotopic (exact) mass is 303 g/mol. The van der Waals surface area contributed by atoms with Gasteiger partial charge >= 0.3 is 0 Å². The van der Waals surface area contributed by atoms with Crippen molar-refractivity contribution < 1.29 is 23.4 Å². The van der Waals surface area contributed by atoms with E-state index in [1.54, 1.807) is 30.3 Å². The predicted octanol–water partition coefficient (Wildman–Crippen LogP) is 2.36. The number of carbonyl (C=O) groups is 1. The van der Waals surface area contributed by atoms with E-state index in [-0.39, 0.29) is 31.6 Å². The first-order valence-corrected chi connectivity index (χ1v) is 6.79. The molecule has 0 aromatic heterocycles. The van der Waals surface area contributed by atoms with Gasteiger partial charge in [0, 0.05) is 5.56 Å². The molecule has 0 fully saturated rings. The Morgan fingerprint density at radius 2 is 2.00 bits per heavy atom. The van der Waals surface area contributed by atoms with Crippen molar-refractivity contribution in [3.05, 3.63) is 53.8 Å². The van der Waals surface area contributed by atoms with Crippen LogP contribution in [-0.4, -0.2) is 25.9 Å². The second-order valence-corrected chi connectivity index (χ2v) is 4.60. The molecule has 1 amide bonds. The fraction of sp³-hybridized carbons (Fsp3) is 0.188. The number of halogens is 1. The Hall–Kier alpha value is -2.76. The summed E-state index contributed by atoms with van der Waals surface area (Å²) in [5, 5.41) is 2.70. The van der Waals surface area contributed by atoms with Gasteiger partial charge in [-0.15, -0.1) is 0 Å². The molecule has 0 spiro atoms. The van der Waals surface area contributed by atoms with Crippen molar-refractivity contribution in [2.45, 2.75) is 0 Å². The third-order valence-electron chi connectivity index (χ3n) is 3.12. The molecule has 5 nitrogen and oxygen atoms in total. The van der Waals surface area contributed by atoms with Gasteiger partial charge in [0.2, 0.25) is 6.79 Å². The Morgan fingerprint density at radius 1 is 1.18 bits per heavy atom. The van der Waals surface area contributed by atoms with E-state index in [4.69, 9.17) is 14.2 Å². The van der Waals surface area contributed by atoms with Gasteiger partial charge in [0.1, 0.15) is 6.61 Å². The number of hydrogen-bond donors (Lipinski definition) is 1. The Bertz CT molecular complexity index is 690. The van der Waals surface area contributed by atoms with E-state index in [0.29, 0.717) is 17.1 Å². The lowest BCUT2D eigenvalue weighted by Gasteiger charge is -2.08. The van der Waals surface area contributed by atoms with Crippen molar-refractivity contribution in [2.24, 2.45) is 0 Å². The van der Waals surface area contributed by atoms with Crippen molar-refractivity contribution in [3.63, 3.8) is 0 Å². The van der Waals surface area contributed by atoms with Crippen molar-refractivity contribution in [3.8, 4) is 17.2 Å². The smallest absolute Gasteiger partial charge is 0.251 e. The van der Waals surface area contributed by atoms with E-state index < -0.39 is 5.82 Å². The molecule has 22 heavy (non-hydrogen) atoms. The highest BCUT2D eigenvalue weighted by Gasteiger charge is 2.15. The normalized spacial score (nSPS) is 12.0. The highest BCUT2D eigenvalue weighted by atomic mass is 19.1. The summed E-state index contributed by atoms with van der Waals surface area (Å²) in [6, 6.07) is 11.1. The Balaban J connectivity index is 1.49. The molecule has 0 saturated heterocycles. The molecule has 0 saturated carbocycles. The Kier molecular flexibility index (Phi) is 4.09. The first-order valence-electron chi connectivity index (χ1n) is 6.79. The van der Waals surface area contributed by atoms with Crippen LogP contribution in [-0.2, 0) is 0 Å². The van der Waals surface area contributed by atoms with E-state index in [1.807, 2.05) is 0 Å². The number of fused-ring (bicyclic) bond motifs is 1. The molecule has 1 aliphatic rings. The summed E-state index contributed by atoms with van der Waals surface area (Å²) >= 11 is 0. The average Bonchev–Trinajstić information content (AvgIpc) is 3.00. The number of amides is 1. The van der Waals surface area contributed by atoms with Gasteiger partial charge < -0.3 is 19.5 Å². The third-order valence-corrected chi connectivity index (χ3v) is 3.12. The van der Waals surface area contributed by atoms with Crippen molar-refractivity contribution in [1.82, 2.24) is 5.32 Å². The Labute approximate surface area is 126 Å². The van der Waals surface area contributed by atoms with Crippen molar-refractivity contribution in [1.29, 1.82) is 0 Å². The van der Waals surface area contributed by atoms with Crippen LogP contribution in [0.3, 0.4) is 0 Å². The molecule has 1 heterocycles. The zero-order chi connectivity index (χ0) is 15.4. The van der Waals surface area contributed by atoms with Gasteiger partial charge in [-0.05, 0) is 30.3 Å². The minimum absolute atomic E-state index is 0.164. The van der Waals surface area contributed by atoms with Gasteiger partial charge in [0.05, 0.1) is 6.54 Å². The van der Waals surface area contributed by atoms with E-state index >= 15 is 0 Å². The number of para-hydroxylation sites is 1. The molecule has 2 aromatic rings. The van der Waals surface area contributed by atoms with Crippen LogP contribution in [0.15, 0.2) is 42.5 Å². The molecular weight excluding hydrogens is 289 g/mol. The van der Waals surface area contributed by atoms with Crippen LogP contribution in [0.4, 0.5) is 4.39 Å². The molecule has 2 aromatic carbocycles. The fourth-order valence-corrected chi connectivity index (χ4v) is 2.03. The minimum atomic E-state index is -0.426. The highest BCUT2D eigenvalue weighted by Crippen LogP contribution is 2.32. The summed E-state index contributed by atoms with van der Waals surface area (Å²) in [5.41, 5.74) is 0.468. The first-order chi connectivity index (χ1) is 10.7. The van der Waals surface area contributed by atoms with Gasteiger partial charge in [-0.3, -0.25) is 4.79 Å². The number of carbonyl (C=O) groups excluding carboxylic acids is 1. The van der Waals surface area contributed by atoms with Gasteiger partial charge in [0.15, 0.2) is 23.1 Å². The van der Waals surface area contributed by atoms with Crippen molar-refractivity contribution >= 4 is 5.91 Å². The molecule has 6 heteroatoms. The summed E-state index contributed by atoms with van der Waals surface area (Å²) in [6.45, 7) is 0.607. The predicted molar refractivity (Wildman–Crippen MR) is 76.8 cm³/mol. The van der Waals surface area contributed by atoms with Gasteiger partial charge in [-0.25, -0.2) is 4.39 Å². The molecule has 3 rings (SSSR count). The van der Waals surface area contributed by atoms with E-state index in [0.717, 1.165) is 0 Å². The molecule has 0 atom stereocenters. The largest absolute Gasteiger partial charge is 0.489 e. The van der Waals surface area contributed by atoms with E-state index in [2.05, 4.69) is 5.32 Å². The molecule has 1 aliphatic heterocycles. The van der Waals surface area contributed by atoms with Crippen LogP contribution in [0.5, 0.6) is 17.2 Å². The highest BCUT2D eigenvalue weighted by molar-refractivity contribution is 5.94. The maximum absolute atomic E-state index is 13.3. The quantitative estimate of drug-likeness (QED) is 0.862. The zero-order valence-electron chi connectivity index (χ0n) is 11.7. The number of ether oxygens (including phenoxy) is 3. The lowest BCUT2D eigenvalue weighted by Crippen LogP contribution is -2.28. The maximum atomic E-state index is 13.3. The van der Waals surface area contributed by atoms with E-state index in [9.17, 15) is 9.18 Å². The van der Waals surface area contributed by atoms with Gasteiger partial charge in [-0.1, -0.05) is 12.1 Å². The lowest BCUT2D eigenvalue weighted by atomic mass is 10.2. The van der Waals surface area contributed by atoms with Crippen LogP contribution in [0.25, 0.3) is 0 Å². The van der Waals surface area contributed by atoms with Gasteiger partial charge in [-0.2, -0.15) is 0 Å². The number of hydrogen-bond acceptors (Lipinski definition) is 4. The van der Waals surface area contributed by atoms with Crippen LogP contribution in [0.1, 0.15) is 10.4 Å². The minimum Gasteiger partial charge on any atom is -0.489 e. The molecule has 1 N–H and O–H groups in total. The zero-order valence-corrected chi connectivity index (χ0v) is 11.7. The third kappa shape index (κ3) is 3.11. The first kappa shape index (κ1) is 14.2. The number of nitrogens with one attached hydrogen (secondary N) is 1. The van der Waals surface area contributed by atoms with Crippen LogP contribution >= 0.6 is 0 Å². The van der Waals surface area contributed by atoms with Crippen LogP contribution in [0.2, 0.25) is 0 Å². The molecular formula is C16H14FNO4. The van der Waals surface area contributed by atoms with E-state index in [1.165, 1.54) is 12.1 Å². The molecule has 0 aliphatic carbocycles. The maximum Gasteiger partial charge on any atom is 0.251 e. The molecule has 0 unspecified atom stereocenters. The van der Waals surface area contributed by atoms with Gasteiger partial charge in [0.25, 0.3) is 5.91 Å². The summed E-state index contributed by atoms with van der Waals surface area (Å²) in [4.78, 5) is 12.0. The molecule has 0 bridgehead atoms. The Morgan fingerprint density at radius 3 is 2.86 bits per heavy atom. The second kappa shape index (κ2) is 6.34. The summed E-state index contributed by atoms with van der Waals surface area (Å²) in [6.07, 6.45) is 0. The lowest BCUT2D eigenvalue weighted by molar-refractivity contribution is 0.0946.